The van der Waals surface area contributed by atoms with E-state index >= 15 is 0 Å². The molecule has 2 rings (SSSR count). The van der Waals surface area contributed by atoms with E-state index in [0.29, 0.717) is 6.10 Å². The second-order valence-electron chi connectivity index (χ2n) is 3.25. The Labute approximate surface area is 91.2 Å². The number of hydrogen-bond acceptors (Lipinski definition) is 1. The maximum absolute atomic E-state index is 5.82. The predicted octanol–water partition coefficient (Wildman–Crippen LogP) is 4.03. The van der Waals surface area contributed by atoms with Gasteiger partial charge in [-0.3, -0.25) is 0 Å². The van der Waals surface area contributed by atoms with Crippen LogP contribution < -0.4 is 4.74 Å². The Bertz CT molecular complexity index is 310. The van der Waals surface area contributed by atoms with Gasteiger partial charge in [0.2, 0.25) is 0 Å². The second-order valence-corrected chi connectivity index (χ2v) is 4.54. The Hall–Kier alpha value is -0.210. The lowest BCUT2D eigenvalue weighted by atomic mass is 9.96. The van der Waals surface area contributed by atoms with E-state index < -0.39 is 0 Å². The first-order chi connectivity index (χ1) is 6.25. The summed E-state index contributed by atoms with van der Waals surface area (Å²) in [6.07, 6.45) is 4.05. The topological polar surface area (TPSA) is 9.23 Å². The largest absolute Gasteiger partial charge is 0.489 e. The van der Waals surface area contributed by atoms with E-state index in [1.165, 1.54) is 19.3 Å². The molecule has 3 heteroatoms. The Morgan fingerprint density at radius 1 is 1.38 bits per heavy atom. The summed E-state index contributed by atoms with van der Waals surface area (Å²) in [6.45, 7) is 0. The van der Waals surface area contributed by atoms with Crippen LogP contribution in [0.5, 0.6) is 5.75 Å². The Morgan fingerprint density at radius 3 is 2.69 bits per heavy atom. The van der Waals surface area contributed by atoms with Gasteiger partial charge in [0.1, 0.15) is 5.75 Å². The van der Waals surface area contributed by atoms with E-state index in [-0.39, 0.29) is 0 Å². The van der Waals surface area contributed by atoms with Crippen molar-refractivity contribution in [1.82, 2.24) is 0 Å². The Morgan fingerprint density at radius 2 is 2.15 bits per heavy atom. The van der Waals surface area contributed by atoms with Gasteiger partial charge in [0.15, 0.2) is 0 Å². The highest BCUT2D eigenvalue weighted by Crippen LogP contribution is 2.32. The maximum atomic E-state index is 5.82. The molecule has 0 atom stereocenters. The molecule has 0 aromatic heterocycles. The standard InChI is InChI=1S/C10H10BrClO/c11-9-6-7(12)4-5-10(9)13-8-2-1-3-8/h4-6,8H,1-3H2. The molecule has 70 valence electrons. The van der Waals surface area contributed by atoms with Crippen LogP contribution in [0.1, 0.15) is 19.3 Å². The van der Waals surface area contributed by atoms with Crippen molar-refractivity contribution in [2.45, 2.75) is 25.4 Å². The smallest absolute Gasteiger partial charge is 0.133 e. The lowest BCUT2D eigenvalue weighted by Gasteiger charge is -2.26. The minimum atomic E-state index is 0.414. The number of hydrogen-bond donors (Lipinski definition) is 0. The van der Waals surface area contributed by atoms with Gasteiger partial charge in [-0.15, -0.1) is 0 Å². The Balaban J connectivity index is 2.10. The van der Waals surface area contributed by atoms with E-state index in [1.54, 1.807) is 0 Å². The zero-order valence-electron chi connectivity index (χ0n) is 7.09. The molecular formula is C10H10BrClO. The monoisotopic (exact) mass is 260 g/mol. The predicted molar refractivity (Wildman–Crippen MR) is 57.4 cm³/mol. The first kappa shape index (κ1) is 9.35. The fourth-order valence-electron chi connectivity index (χ4n) is 1.24. The fraction of sp³-hybridized carbons (Fsp3) is 0.400. The molecule has 0 amide bonds. The molecule has 0 aliphatic heterocycles. The molecule has 0 radical (unpaired) electrons. The first-order valence-corrected chi connectivity index (χ1v) is 5.54. The minimum absolute atomic E-state index is 0.414. The SMILES string of the molecule is Clc1ccc(OC2CCC2)c(Br)c1. The molecule has 1 aliphatic carbocycles. The van der Waals surface area contributed by atoms with Gasteiger partial charge in [0.05, 0.1) is 10.6 Å². The fourth-order valence-corrected chi connectivity index (χ4v) is 2.02. The van der Waals surface area contributed by atoms with Crippen LogP contribution in [0.3, 0.4) is 0 Å². The van der Waals surface area contributed by atoms with Gasteiger partial charge in [-0.25, -0.2) is 0 Å². The second kappa shape index (κ2) is 3.89. The van der Waals surface area contributed by atoms with Gasteiger partial charge >= 0.3 is 0 Å². The van der Waals surface area contributed by atoms with E-state index in [2.05, 4.69) is 15.9 Å². The summed E-state index contributed by atoms with van der Waals surface area (Å²) in [5.74, 6) is 0.897. The van der Waals surface area contributed by atoms with E-state index in [9.17, 15) is 0 Å². The van der Waals surface area contributed by atoms with Gasteiger partial charge < -0.3 is 4.74 Å². The minimum Gasteiger partial charge on any atom is -0.489 e. The lowest BCUT2D eigenvalue weighted by molar-refractivity contribution is 0.119. The van der Waals surface area contributed by atoms with Crippen molar-refractivity contribution in [1.29, 1.82) is 0 Å². The van der Waals surface area contributed by atoms with Crippen LogP contribution in [-0.2, 0) is 0 Å². The highest BCUT2D eigenvalue weighted by atomic mass is 79.9. The van der Waals surface area contributed by atoms with Crippen LogP contribution in [0.15, 0.2) is 22.7 Å². The maximum Gasteiger partial charge on any atom is 0.133 e. The average molecular weight is 262 g/mol. The van der Waals surface area contributed by atoms with Gasteiger partial charge in [-0.05, 0) is 53.4 Å². The van der Waals surface area contributed by atoms with Crippen molar-refractivity contribution in [3.05, 3.63) is 27.7 Å². The summed E-state index contributed by atoms with van der Waals surface area (Å²) in [7, 11) is 0. The summed E-state index contributed by atoms with van der Waals surface area (Å²) in [6, 6.07) is 5.61. The van der Waals surface area contributed by atoms with E-state index in [1.807, 2.05) is 18.2 Å². The van der Waals surface area contributed by atoms with Crippen molar-refractivity contribution in [3.63, 3.8) is 0 Å². The molecule has 0 unspecified atom stereocenters. The summed E-state index contributed by atoms with van der Waals surface area (Å²) in [5, 5.41) is 0.729. The third-order valence-electron chi connectivity index (χ3n) is 2.24. The zero-order valence-corrected chi connectivity index (χ0v) is 9.44. The molecule has 1 nitrogen and oxygen atoms in total. The molecule has 0 spiro atoms. The van der Waals surface area contributed by atoms with E-state index in [0.717, 1.165) is 15.2 Å². The molecule has 0 N–H and O–H groups in total. The van der Waals surface area contributed by atoms with Gasteiger partial charge in [-0.1, -0.05) is 11.6 Å². The van der Waals surface area contributed by atoms with Crippen molar-refractivity contribution in [2.24, 2.45) is 0 Å². The number of halogens is 2. The summed E-state index contributed by atoms with van der Waals surface area (Å²) in [5.41, 5.74) is 0. The number of benzene rings is 1. The molecule has 1 aliphatic rings. The van der Waals surface area contributed by atoms with Gasteiger partial charge in [0, 0.05) is 5.02 Å². The van der Waals surface area contributed by atoms with Crippen molar-refractivity contribution in [3.8, 4) is 5.75 Å². The normalized spacial score (nSPS) is 16.8. The van der Waals surface area contributed by atoms with E-state index in [4.69, 9.17) is 16.3 Å². The van der Waals surface area contributed by atoms with Gasteiger partial charge in [-0.2, -0.15) is 0 Å². The molecule has 13 heavy (non-hydrogen) atoms. The molecular weight excluding hydrogens is 251 g/mol. The number of ether oxygens (including phenoxy) is 1. The summed E-state index contributed by atoms with van der Waals surface area (Å²) in [4.78, 5) is 0. The van der Waals surface area contributed by atoms with Crippen molar-refractivity contribution >= 4 is 27.5 Å². The van der Waals surface area contributed by atoms with Gasteiger partial charge in [0.25, 0.3) is 0 Å². The summed E-state index contributed by atoms with van der Waals surface area (Å²) < 4.78 is 6.67. The summed E-state index contributed by atoms with van der Waals surface area (Å²) >= 11 is 9.24. The Kier molecular flexibility index (Phi) is 2.80. The lowest BCUT2D eigenvalue weighted by Crippen LogP contribution is -2.24. The number of rotatable bonds is 2. The first-order valence-electron chi connectivity index (χ1n) is 4.37. The van der Waals surface area contributed by atoms with Crippen LogP contribution in [0.25, 0.3) is 0 Å². The third-order valence-corrected chi connectivity index (χ3v) is 3.09. The zero-order chi connectivity index (χ0) is 9.26. The third kappa shape index (κ3) is 2.18. The molecule has 0 bridgehead atoms. The molecule has 0 saturated heterocycles. The molecule has 1 aromatic carbocycles. The highest BCUT2D eigenvalue weighted by Gasteiger charge is 2.19. The molecule has 1 aromatic rings. The average Bonchev–Trinajstić information content (AvgIpc) is 1.99. The van der Waals surface area contributed by atoms with Crippen LogP contribution in [0.2, 0.25) is 5.02 Å². The van der Waals surface area contributed by atoms with Crippen LogP contribution in [0, 0.1) is 0 Å². The van der Waals surface area contributed by atoms with Crippen LogP contribution in [0.4, 0.5) is 0 Å². The van der Waals surface area contributed by atoms with Crippen LogP contribution in [-0.4, -0.2) is 6.10 Å². The quantitative estimate of drug-likeness (QED) is 0.781. The highest BCUT2D eigenvalue weighted by molar-refractivity contribution is 9.10. The molecule has 1 fully saturated rings. The molecule has 0 heterocycles. The molecule has 1 saturated carbocycles. The van der Waals surface area contributed by atoms with Crippen molar-refractivity contribution in [2.75, 3.05) is 0 Å². The van der Waals surface area contributed by atoms with Crippen LogP contribution >= 0.6 is 27.5 Å². The van der Waals surface area contributed by atoms with Crippen molar-refractivity contribution < 1.29 is 4.74 Å².